The Balaban J connectivity index is 1.60. The number of likely N-dealkylation sites (tertiary alicyclic amines) is 1. The van der Waals surface area contributed by atoms with Crippen LogP contribution in [0.1, 0.15) is 36.0 Å². The van der Waals surface area contributed by atoms with Gasteiger partial charge in [-0.15, -0.1) is 0 Å². The van der Waals surface area contributed by atoms with Crippen LogP contribution in [0.3, 0.4) is 0 Å². The summed E-state index contributed by atoms with van der Waals surface area (Å²) in [6.45, 7) is 3.25. The molecule has 6 heteroatoms. The molecule has 2 N–H and O–H groups in total. The van der Waals surface area contributed by atoms with E-state index in [0.29, 0.717) is 50.5 Å². The Hall–Kier alpha value is -1.63. The molecule has 0 bridgehead atoms. The van der Waals surface area contributed by atoms with Crippen LogP contribution in [0.5, 0.6) is 5.75 Å². The summed E-state index contributed by atoms with van der Waals surface area (Å²) in [7, 11) is 1.87. The number of rotatable bonds is 5. The van der Waals surface area contributed by atoms with E-state index in [2.05, 4.69) is 5.32 Å². The van der Waals surface area contributed by atoms with Crippen LogP contribution < -0.4 is 10.1 Å². The molecular weight excluding hydrogens is 320 g/mol. The molecule has 0 aromatic heterocycles. The summed E-state index contributed by atoms with van der Waals surface area (Å²) in [6, 6.07) is 7.34. The number of likely N-dealkylation sites (N-methyl/N-ethyl adjacent to an activating group) is 1. The lowest BCUT2D eigenvalue weighted by Crippen LogP contribution is -2.56. The Labute approximate surface area is 149 Å². The zero-order chi connectivity index (χ0) is 17.7. The van der Waals surface area contributed by atoms with Crippen LogP contribution in [0.2, 0.25) is 0 Å². The van der Waals surface area contributed by atoms with E-state index in [1.54, 1.807) is 6.07 Å². The minimum Gasteiger partial charge on any atom is -0.492 e. The van der Waals surface area contributed by atoms with Crippen molar-refractivity contribution in [3.05, 3.63) is 29.8 Å². The largest absolute Gasteiger partial charge is 0.492 e. The maximum absolute atomic E-state index is 12.8. The SMILES string of the molecule is CNCCOc1cccc(C(=O)N2CCC3(CC2)OCCCC3O)c1. The fourth-order valence-corrected chi connectivity index (χ4v) is 3.65. The van der Waals surface area contributed by atoms with Crippen LogP contribution in [0.25, 0.3) is 0 Å². The van der Waals surface area contributed by atoms with Crippen molar-refractivity contribution >= 4 is 5.91 Å². The van der Waals surface area contributed by atoms with Gasteiger partial charge in [-0.1, -0.05) is 6.07 Å². The zero-order valence-corrected chi connectivity index (χ0v) is 14.9. The molecule has 0 aliphatic carbocycles. The lowest BCUT2D eigenvalue weighted by atomic mass is 9.82. The van der Waals surface area contributed by atoms with E-state index in [0.717, 1.165) is 19.4 Å². The van der Waals surface area contributed by atoms with Gasteiger partial charge in [0.2, 0.25) is 0 Å². The average molecular weight is 348 g/mol. The zero-order valence-electron chi connectivity index (χ0n) is 14.9. The van der Waals surface area contributed by atoms with E-state index < -0.39 is 11.7 Å². The Morgan fingerprint density at radius 2 is 2.24 bits per heavy atom. The van der Waals surface area contributed by atoms with E-state index in [1.807, 2.05) is 30.1 Å². The van der Waals surface area contributed by atoms with Crippen LogP contribution in [0, 0.1) is 0 Å². The van der Waals surface area contributed by atoms with Crippen LogP contribution in [0.4, 0.5) is 0 Å². The number of hydrogen-bond donors (Lipinski definition) is 2. The van der Waals surface area contributed by atoms with Crippen molar-refractivity contribution in [1.82, 2.24) is 10.2 Å². The monoisotopic (exact) mass is 348 g/mol. The molecule has 1 spiro atoms. The number of ether oxygens (including phenoxy) is 2. The summed E-state index contributed by atoms with van der Waals surface area (Å²) in [5.74, 6) is 0.722. The van der Waals surface area contributed by atoms with Crippen molar-refractivity contribution in [2.45, 2.75) is 37.4 Å². The van der Waals surface area contributed by atoms with Gasteiger partial charge < -0.3 is 24.8 Å². The van der Waals surface area contributed by atoms with Gasteiger partial charge in [-0.3, -0.25) is 4.79 Å². The fraction of sp³-hybridized carbons (Fsp3) is 0.632. The summed E-state index contributed by atoms with van der Waals surface area (Å²) >= 11 is 0. The second kappa shape index (κ2) is 8.17. The number of benzene rings is 1. The number of hydrogen-bond acceptors (Lipinski definition) is 5. The summed E-state index contributed by atoms with van der Waals surface area (Å²) in [4.78, 5) is 14.6. The third-order valence-corrected chi connectivity index (χ3v) is 5.22. The van der Waals surface area contributed by atoms with Crippen molar-refractivity contribution in [3.8, 4) is 5.75 Å². The van der Waals surface area contributed by atoms with Gasteiger partial charge in [-0.25, -0.2) is 0 Å². The number of carbonyl (C=O) groups excluding carboxylic acids is 1. The number of aliphatic hydroxyl groups excluding tert-OH is 1. The number of nitrogens with zero attached hydrogens (tertiary/aromatic N) is 1. The van der Waals surface area contributed by atoms with Crippen LogP contribution in [-0.4, -0.2) is 67.5 Å². The second-order valence-electron chi connectivity index (χ2n) is 6.84. The Morgan fingerprint density at radius 3 is 2.96 bits per heavy atom. The van der Waals surface area contributed by atoms with E-state index >= 15 is 0 Å². The van der Waals surface area contributed by atoms with Gasteiger partial charge in [0.1, 0.15) is 12.4 Å². The standard InChI is InChI=1S/C19H28N2O4/c1-20-9-13-24-16-5-2-4-15(14-16)18(23)21-10-7-19(8-11-21)17(22)6-3-12-25-19/h2,4-5,14,17,20,22H,3,6-13H2,1H3. The van der Waals surface area contributed by atoms with Gasteiger partial charge in [-0.05, 0) is 50.9 Å². The molecule has 1 atom stereocenters. The molecule has 138 valence electrons. The molecule has 2 fully saturated rings. The van der Waals surface area contributed by atoms with Crippen molar-refractivity contribution < 1.29 is 19.4 Å². The smallest absolute Gasteiger partial charge is 0.253 e. The second-order valence-corrected chi connectivity index (χ2v) is 6.84. The Bertz CT molecular complexity index is 585. The van der Waals surface area contributed by atoms with Gasteiger partial charge in [0.05, 0.1) is 11.7 Å². The molecule has 3 rings (SSSR count). The third kappa shape index (κ3) is 4.14. The van der Waals surface area contributed by atoms with Gasteiger partial charge in [-0.2, -0.15) is 0 Å². The van der Waals surface area contributed by atoms with Crippen LogP contribution in [0.15, 0.2) is 24.3 Å². The minimum absolute atomic E-state index is 0.0132. The molecule has 1 amide bonds. The Kier molecular flexibility index (Phi) is 5.93. The van der Waals surface area contributed by atoms with Crippen LogP contribution >= 0.6 is 0 Å². The maximum atomic E-state index is 12.8. The van der Waals surface area contributed by atoms with Crippen molar-refractivity contribution in [3.63, 3.8) is 0 Å². The first kappa shape index (κ1) is 18.2. The number of aliphatic hydroxyl groups is 1. The highest BCUT2D eigenvalue weighted by Gasteiger charge is 2.44. The lowest BCUT2D eigenvalue weighted by Gasteiger charge is -2.46. The first-order valence-corrected chi connectivity index (χ1v) is 9.13. The predicted molar refractivity (Wildman–Crippen MR) is 94.9 cm³/mol. The molecule has 1 aromatic carbocycles. The van der Waals surface area contributed by atoms with E-state index in [1.165, 1.54) is 0 Å². The highest BCUT2D eigenvalue weighted by Crippen LogP contribution is 2.35. The fourth-order valence-electron chi connectivity index (χ4n) is 3.65. The maximum Gasteiger partial charge on any atom is 0.253 e. The Morgan fingerprint density at radius 1 is 1.44 bits per heavy atom. The van der Waals surface area contributed by atoms with Crippen molar-refractivity contribution in [1.29, 1.82) is 0 Å². The van der Waals surface area contributed by atoms with Crippen LogP contribution in [-0.2, 0) is 4.74 Å². The molecule has 25 heavy (non-hydrogen) atoms. The number of amides is 1. The van der Waals surface area contributed by atoms with Crippen molar-refractivity contribution in [2.75, 3.05) is 39.9 Å². The van der Waals surface area contributed by atoms with E-state index in [-0.39, 0.29) is 5.91 Å². The highest BCUT2D eigenvalue weighted by atomic mass is 16.5. The molecule has 1 unspecified atom stereocenters. The molecule has 2 aliphatic heterocycles. The van der Waals surface area contributed by atoms with E-state index in [9.17, 15) is 9.90 Å². The quantitative estimate of drug-likeness (QED) is 0.788. The third-order valence-electron chi connectivity index (χ3n) is 5.22. The molecule has 0 radical (unpaired) electrons. The first-order chi connectivity index (χ1) is 12.1. The number of piperidine rings is 1. The first-order valence-electron chi connectivity index (χ1n) is 9.13. The highest BCUT2D eigenvalue weighted by molar-refractivity contribution is 5.94. The van der Waals surface area contributed by atoms with Gasteiger partial charge in [0.25, 0.3) is 5.91 Å². The summed E-state index contributed by atoms with van der Waals surface area (Å²) < 4.78 is 11.6. The number of carbonyl (C=O) groups is 1. The van der Waals surface area contributed by atoms with Gasteiger partial charge >= 0.3 is 0 Å². The summed E-state index contributed by atoms with van der Waals surface area (Å²) in [6.07, 6.45) is 2.67. The minimum atomic E-state index is -0.451. The molecule has 2 heterocycles. The van der Waals surface area contributed by atoms with Gasteiger partial charge in [0.15, 0.2) is 0 Å². The normalized spacial score (nSPS) is 22.8. The van der Waals surface area contributed by atoms with Gasteiger partial charge in [0, 0.05) is 31.8 Å². The van der Waals surface area contributed by atoms with Crippen molar-refractivity contribution in [2.24, 2.45) is 0 Å². The molecule has 6 nitrogen and oxygen atoms in total. The summed E-state index contributed by atoms with van der Waals surface area (Å²) in [5, 5.41) is 13.3. The predicted octanol–water partition coefficient (Wildman–Crippen LogP) is 1.43. The topological polar surface area (TPSA) is 71.0 Å². The lowest BCUT2D eigenvalue weighted by molar-refractivity contribution is -0.174. The molecule has 2 saturated heterocycles. The molecular formula is C19H28N2O4. The summed E-state index contributed by atoms with van der Waals surface area (Å²) in [5.41, 5.74) is 0.190. The number of nitrogens with one attached hydrogen (secondary N) is 1. The molecule has 0 saturated carbocycles. The molecule has 2 aliphatic rings. The molecule has 1 aromatic rings. The van der Waals surface area contributed by atoms with E-state index in [4.69, 9.17) is 9.47 Å². The average Bonchev–Trinajstić information content (AvgIpc) is 2.65.